The fourth-order valence-corrected chi connectivity index (χ4v) is 0.944. The van der Waals surface area contributed by atoms with Crippen LogP contribution in [0.25, 0.3) is 0 Å². The second-order valence-corrected chi connectivity index (χ2v) is 2.94. The average molecular weight is 196 g/mol. The second kappa shape index (κ2) is 6.25. The first-order valence-corrected chi connectivity index (χ1v) is 4.15. The molecule has 0 saturated heterocycles. The van der Waals surface area contributed by atoms with Gasteiger partial charge in [0.1, 0.15) is 31.0 Å². The van der Waals surface area contributed by atoms with Crippen LogP contribution >= 0.6 is 0 Å². The zero-order valence-electron chi connectivity index (χ0n) is 7.54. The van der Waals surface area contributed by atoms with Gasteiger partial charge in [-0.3, -0.25) is 0 Å². The van der Waals surface area contributed by atoms with Gasteiger partial charge in [0.2, 0.25) is 0 Å². The van der Waals surface area contributed by atoms with Crippen molar-refractivity contribution in [2.75, 3.05) is 20.2 Å². The molecule has 6 heteroatoms. The first kappa shape index (κ1) is 12.8. The standard InChI is InChI=1S/C7H17NO5/c1-8-2-4(10)6(12)7(13)5(11)3-9/h4-13H,2-3H2,1H3/p+1/t4-,5+,6-,7+/m0/s1. The lowest BCUT2D eigenvalue weighted by Crippen LogP contribution is -2.83. The summed E-state index contributed by atoms with van der Waals surface area (Å²) in [4.78, 5) is 0. The number of hydrogen-bond acceptors (Lipinski definition) is 5. The molecule has 0 heterocycles. The zero-order valence-corrected chi connectivity index (χ0v) is 7.54. The van der Waals surface area contributed by atoms with Crippen LogP contribution in [-0.4, -0.2) is 70.1 Å². The summed E-state index contributed by atoms with van der Waals surface area (Å²) >= 11 is 0. The minimum atomic E-state index is -1.53. The molecule has 0 aliphatic heterocycles. The van der Waals surface area contributed by atoms with Crippen molar-refractivity contribution in [2.24, 2.45) is 0 Å². The zero-order chi connectivity index (χ0) is 10.4. The summed E-state index contributed by atoms with van der Waals surface area (Å²) in [6.45, 7) is -0.433. The normalized spacial score (nSPS) is 20.8. The first-order valence-electron chi connectivity index (χ1n) is 4.15. The fraction of sp³-hybridized carbons (Fsp3) is 1.00. The van der Waals surface area contributed by atoms with Gasteiger partial charge in [0.25, 0.3) is 0 Å². The highest BCUT2D eigenvalue weighted by atomic mass is 16.4. The first-order chi connectivity index (χ1) is 6.04. The van der Waals surface area contributed by atoms with E-state index in [1.807, 2.05) is 0 Å². The predicted octanol–water partition coefficient (Wildman–Crippen LogP) is -4.38. The van der Waals surface area contributed by atoms with Gasteiger partial charge in [-0.25, -0.2) is 0 Å². The molecule has 0 aliphatic rings. The van der Waals surface area contributed by atoms with Crippen molar-refractivity contribution >= 4 is 0 Å². The number of likely N-dealkylation sites (N-methyl/N-ethyl adjacent to an activating group) is 1. The van der Waals surface area contributed by atoms with Crippen LogP contribution in [0, 0.1) is 0 Å². The lowest BCUT2D eigenvalue weighted by atomic mass is 10.0. The molecule has 80 valence electrons. The molecule has 0 saturated carbocycles. The van der Waals surface area contributed by atoms with Crippen molar-refractivity contribution in [3.8, 4) is 0 Å². The molecule has 0 aromatic carbocycles. The quantitative estimate of drug-likeness (QED) is 0.256. The fourth-order valence-electron chi connectivity index (χ4n) is 0.944. The summed E-state index contributed by atoms with van der Waals surface area (Å²) in [6, 6.07) is 0. The van der Waals surface area contributed by atoms with Gasteiger partial charge >= 0.3 is 0 Å². The van der Waals surface area contributed by atoms with Gasteiger partial charge in [0.05, 0.1) is 13.7 Å². The molecule has 0 unspecified atom stereocenters. The Balaban J connectivity index is 3.99. The van der Waals surface area contributed by atoms with Crippen molar-refractivity contribution in [2.45, 2.75) is 24.4 Å². The molecule has 13 heavy (non-hydrogen) atoms. The molecule has 0 fully saturated rings. The molecule has 0 amide bonds. The lowest BCUT2D eigenvalue weighted by molar-refractivity contribution is -0.635. The Hall–Kier alpha value is -0.240. The monoisotopic (exact) mass is 196 g/mol. The Bertz CT molecular complexity index is 134. The summed E-state index contributed by atoms with van der Waals surface area (Å²) < 4.78 is 0. The Morgan fingerprint density at radius 3 is 1.85 bits per heavy atom. The number of nitrogens with two attached hydrogens (primary N) is 1. The van der Waals surface area contributed by atoms with E-state index in [4.69, 9.17) is 15.3 Å². The van der Waals surface area contributed by atoms with E-state index in [9.17, 15) is 10.2 Å². The minimum Gasteiger partial charge on any atom is -0.394 e. The molecule has 7 N–H and O–H groups in total. The Labute approximate surface area is 76.4 Å². The number of aliphatic hydroxyl groups is 5. The Kier molecular flexibility index (Phi) is 6.13. The number of aliphatic hydroxyl groups excluding tert-OH is 5. The van der Waals surface area contributed by atoms with Crippen LogP contribution in [0.4, 0.5) is 0 Å². The minimum absolute atomic E-state index is 0.219. The van der Waals surface area contributed by atoms with Crippen LogP contribution in [-0.2, 0) is 0 Å². The molecular formula is C7H18NO5+. The molecule has 0 aromatic heterocycles. The summed E-state index contributed by atoms with van der Waals surface area (Å²) in [5.41, 5.74) is 0. The van der Waals surface area contributed by atoms with Crippen molar-refractivity contribution in [3.63, 3.8) is 0 Å². The van der Waals surface area contributed by atoms with Crippen molar-refractivity contribution < 1.29 is 30.8 Å². The van der Waals surface area contributed by atoms with Crippen LogP contribution in [0.3, 0.4) is 0 Å². The van der Waals surface area contributed by atoms with Gasteiger partial charge in [-0.1, -0.05) is 0 Å². The number of rotatable bonds is 6. The molecule has 0 aliphatic carbocycles. The molecule has 0 rings (SSSR count). The van der Waals surface area contributed by atoms with Crippen LogP contribution < -0.4 is 5.32 Å². The predicted molar refractivity (Wildman–Crippen MR) is 43.8 cm³/mol. The van der Waals surface area contributed by atoms with Crippen molar-refractivity contribution in [1.82, 2.24) is 0 Å². The summed E-state index contributed by atoms with van der Waals surface area (Å²) in [5, 5.41) is 46.6. The van der Waals surface area contributed by atoms with Gasteiger partial charge in [-0.05, 0) is 0 Å². The average Bonchev–Trinajstić information content (AvgIpc) is 2.14. The molecular weight excluding hydrogens is 178 g/mol. The van der Waals surface area contributed by atoms with E-state index >= 15 is 0 Å². The van der Waals surface area contributed by atoms with Gasteiger partial charge < -0.3 is 30.8 Å². The van der Waals surface area contributed by atoms with Crippen LogP contribution in [0.1, 0.15) is 0 Å². The van der Waals surface area contributed by atoms with Crippen molar-refractivity contribution in [3.05, 3.63) is 0 Å². The maximum absolute atomic E-state index is 9.23. The second-order valence-electron chi connectivity index (χ2n) is 2.94. The molecule has 0 aromatic rings. The maximum Gasteiger partial charge on any atom is 0.131 e. The third kappa shape index (κ3) is 3.99. The van der Waals surface area contributed by atoms with E-state index < -0.39 is 31.0 Å². The molecule has 6 nitrogen and oxygen atoms in total. The lowest BCUT2D eigenvalue weighted by Gasteiger charge is -2.24. The number of quaternary nitrogens is 1. The van der Waals surface area contributed by atoms with Gasteiger partial charge in [0.15, 0.2) is 0 Å². The van der Waals surface area contributed by atoms with Crippen LogP contribution in [0.2, 0.25) is 0 Å². The summed E-state index contributed by atoms with van der Waals surface area (Å²) in [5.74, 6) is 0. The third-order valence-corrected chi connectivity index (χ3v) is 1.80. The van der Waals surface area contributed by atoms with Gasteiger partial charge in [-0.15, -0.1) is 0 Å². The Morgan fingerprint density at radius 1 is 1.00 bits per heavy atom. The largest absolute Gasteiger partial charge is 0.394 e. The topological polar surface area (TPSA) is 118 Å². The van der Waals surface area contributed by atoms with E-state index in [0.29, 0.717) is 0 Å². The Morgan fingerprint density at radius 2 is 1.46 bits per heavy atom. The molecule has 0 radical (unpaired) electrons. The molecule has 0 spiro atoms. The molecule has 0 bridgehead atoms. The smallest absolute Gasteiger partial charge is 0.131 e. The highest BCUT2D eigenvalue weighted by molar-refractivity contribution is 4.79. The van der Waals surface area contributed by atoms with Gasteiger partial charge in [0, 0.05) is 0 Å². The van der Waals surface area contributed by atoms with E-state index in [1.54, 1.807) is 12.4 Å². The SMILES string of the molecule is C[NH2+]C[C@H](O)[C@H](O)[C@H](O)[C@H](O)CO. The van der Waals surface area contributed by atoms with E-state index in [1.165, 1.54) is 0 Å². The maximum atomic E-state index is 9.23. The van der Waals surface area contributed by atoms with E-state index in [2.05, 4.69) is 0 Å². The number of hydrogen-bond donors (Lipinski definition) is 6. The molecule has 4 atom stereocenters. The highest BCUT2D eigenvalue weighted by Gasteiger charge is 2.30. The summed E-state index contributed by atoms with van der Waals surface area (Å²) in [6.07, 6.45) is -5.53. The van der Waals surface area contributed by atoms with Crippen molar-refractivity contribution in [1.29, 1.82) is 0 Å². The van der Waals surface area contributed by atoms with Crippen LogP contribution in [0.15, 0.2) is 0 Å². The van der Waals surface area contributed by atoms with E-state index in [-0.39, 0.29) is 6.54 Å². The van der Waals surface area contributed by atoms with Gasteiger partial charge in [-0.2, -0.15) is 0 Å². The third-order valence-electron chi connectivity index (χ3n) is 1.80. The summed E-state index contributed by atoms with van der Waals surface area (Å²) in [7, 11) is 1.70. The highest BCUT2D eigenvalue weighted by Crippen LogP contribution is 2.03. The van der Waals surface area contributed by atoms with E-state index in [0.717, 1.165) is 0 Å². The van der Waals surface area contributed by atoms with Crippen LogP contribution in [0.5, 0.6) is 0 Å².